The first-order valence-electron chi connectivity index (χ1n) is 10.3. The third-order valence-corrected chi connectivity index (χ3v) is 6.02. The molecule has 1 aliphatic heterocycles. The zero-order valence-electron chi connectivity index (χ0n) is 18.1. The predicted octanol–water partition coefficient (Wildman–Crippen LogP) is 5.03. The van der Waals surface area contributed by atoms with Gasteiger partial charge in [0, 0.05) is 36.4 Å². The van der Waals surface area contributed by atoms with E-state index in [9.17, 15) is 9.59 Å². The van der Waals surface area contributed by atoms with Gasteiger partial charge in [0.25, 0.3) is 0 Å². The Labute approximate surface area is 182 Å². The lowest BCUT2D eigenvalue weighted by molar-refractivity contribution is -0.140. The quantitative estimate of drug-likeness (QED) is 0.622. The van der Waals surface area contributed by atoms with Gasteiger partial charge in [-0.1, -0.05) is 18.2 Å². The van der Waals surface area contributed by atoms with Gasteiger partial charge in [-0.05, 0) is 51.7 Å². The molecule has 3 rings (SSSR count). The Balaban J connectivity index is 1.59. The molecule has 6 nitrogen and oxygen atoms in total. The van der Waals surface area contributed by atoms with Crippen LogP contribution >= 0.6 is 11.3 Å². The number of methoxy groups -OCH3 is 1. The van der Waals surface area contributed by atoms with Crippen molar-refractivity contribution in [3.63, 3.8) is 0 Å². The molecule has 1 saturated heterocycles. The lowest BCUT2D eigenvalue weighted by atomic mass is 9.94. The number of aryl methyl sites for hydroxylation is 1. The summed E-state index contributed by atoms with van der Waals surface area (Å²) in [7, 11) is 1.41. The van der Waals surface area contributed by atoms with E-state index in [2.05, 4.69) is 17.5 Å². The lowest BCUT2D eigenvalue weighted by Crippen LogP contribution is -2.41. The van der Waals surface area contributed by atoms with Gasteiger partial charge in [0.1, 0.15) is 10.6 Å². The number of rotatable bonds is 5. The number of aromatic nitrogens is 1. The van der Waals surface area contributed by atoms with Crippen LogP contribution in [-0.4, -0.2) is 47.7 Å². The molecule has 0 atom stereocenters. The number of hydrogen-bond donors (Lipinski definition) is 0. The van der Waals surface area contributed by atoms with Gasteiger partial charge in [0.2, 0.25) is 0 Å². The second-order valence-electron chi connectivity index (χ2n) is 8.60. The smallest absolute Gasteiger partial charge is 0.410 e. The first kappa shape index (κ1) is 22.3. The molecule has 0 bridgehead atoms. The van der Waals surface area contributed by atoms with Crippen molar-refractivity contribution >= 4 is 23.4 Å². The number of amides is 1. The summed E-state index contributed by atoms with van der Waals surface area (Å²) < 4.78 is 10.2. The zero-order chi connectivity index (χ0) is 21.7. The molecule has 1 aromatic heterocycles. The number of benzene rings is 1. The minimum absolute atomic E-state index is 0.199. The summed E-state index contributed by atoms with van der Waals surface area (Å²) in [6, 6.07) is 8.17. The minimum atomic E-state index is -0.469. The molecule has 2 heterocycles. The number of ether oxygens (including phenoxy) is 2. The molecule has 2 aromatic rings. The molecule has 1 amide bonds. The van der Waals surface area contributed by atoms with E-state index in [1.165, 1.54) is 7.11 Å². The Kier molecular flexibility index (Phi) is 7.13. The van der Waals surface area contributed by atoms with Crippen LogP contribution in [0.2, 0.25) is 0 Å². The van der Waals surface area contributed by atoms with Crippen LogP contribution in [0.15, 0.2) is 29.6 Å². The highest BCUT2D eigenvalue weighted by atomic mass is 32.1. The molecule has 1 fully saturated rings. The lowest BCUT2D eigenvalue weighted by Gasteiger charge is -2.32. The van der Waals surface area contributed by atoms with Crippen LogP contribution in [0.25, 0.3) is 10.6 Å². The normalized spacial score (nSPS) is 15.1. The van der Waals surface area contributed by atoms with E-state index >= 15 is 0 Å². The Morgan fingerprint density at radius 1 is 1.23 bits per heavy atom. The van der Waals surface area contributed by atoms with Gasteiger partial charge >= 0.3 is 12.1 Å². The third kappa shape index (κ3) is 6.05. The van der Waals surface area contributed by atoms with E-state index < -0.39 is 5.60 Å². The van der Waals surface area contributed by atoms with Crippen molar-refractivity contribution in [2.75, 3.05) is 20.2 Å². The second-order valence-corrected chi connectivity index (χ2v) is 9.45. The molecule has 162 valence electrons. The summed E-state index contributed by atoms with van der Waals surface area (Å²) >= 11 is 1.64. The molecule has 0 aliphatic carbocycles. The van der Waals surface area contributed by atoms with Crippen LogP contribution in [0, 0.1) is 0 Å². The van der Waals surface area contributed by atoms with Crippen LogP contribution in [0.5, 0.6) is 0 Å². The monoisotopic (exact) mass is 430 g/mol. The molecule has 1 aliphatic rings. The van der Waals surface area contributed by atoms with Crippen LogP contribution in [0.4, 0.5) is 4.79 Å². The summed E-state index contributed by atoms with van der Waals surface area (Å²) in [5.74, 6) is 0.158. The Morgan fingerprint density at radius 2 is 1.97 bits per heavy atom. The van der Waals surface area contributed by atoms with Gasteiger partial charge in [-0.3, -0.25) is 4.79 Å². The van der Waals surface area contributed by atoms with Crippen LogP contribution in [0.1, 0.15) is 57.2 Å². The summed E-state index contributed by atoms with van der Waals surface area (Å²) in [6.45, 7) is 7.04. The highest BCUT2D eigenvalue weighted by Gasteiger charge is 2.28. The van der Waals surface area contributed by atoms with Gasteiger partial charge < -0.3 is 14.4 Å². The maximum absolute atomic E-state index is 12.3. The van der Waals surface area contributed by atoms with Crippen molar-refractivity contribution in [3.8, 4) is 10.6 Å². The SMILES string of the molecule is COC(=O)CCc1cccc(-c2nc(C3CCN(C(=O)OC(C)(C)C)CC3)cs2)c1. The molecule has 0 unspecified atom stereocenters. The highest BCUT2D eigenvalue weighted by Crippen LogP contribution is 2.33. The minimum Gasteiger partial charge on any atom is -0.469 e. The van der Waals surface area contributed by atoms with Gasteiger partial charge in [-0.25, -0.2) is 9.78 Å². The molecular weight excluding hydrogens is 400 g/mol. The van der Waals surface area contributed by atoms with Crippen molar-refractivity contribution in [2.24, 2.45) is 0 Å². The van der Waals surface area contributed by atoms with E-state index in [1.807, 2.05) is 32.9 Å². The van der Waals surface area contributed by atoms with Crippen molar-refractivity contribution in [1.82, 2.24) is 9.88 Å². The predicted molar refractivity (Wildman–Crippen MR) is 118 cm³/mol. The molecule has 0 spiro atoms. The number of carbonyl (C=O) groups is 2. The number of thiazole rings is 1. The number of carbonyl (C=O) groups excluding carboxylic acids is 2. The van der Waals surface area contributed by atoms with E-state index in [1.54, 1.807) is 16.2 Å². The number of piperidine rings is 1. The van der Waals surface area contributed by atoms with Gasteiger partial charge in [-0.2, -0.15) is 0 Å². The number of esters is 1. The first-order valence-corrected chi connectivity index (χ1v) is 11.2. The molecule has 0 saturated carbocycles. The van der Waals surface area contributed by atoms with Gasteiger partial charge in [0.15, 0.2) is 0 Å². The fourth-order valence-electron chi connectivity index (χ4n) is 3.50. The molecule has 7 heteroatoms. The first-order chi connectivity index (χ1) is 14.2. The fourth-order valence-corrected chi connectivity index (χ4v) is 4.40. The number of nitrogens with zero attached hydrogens (tertiary/aromatic N) is 2. The second kappa shape index (κ2) is 9.60. The van der Waals surface area contributed by atoms with Crippen molar-refractivity contribution in [2.45, 2.75) is 58.0 Å². The fraction of sp³-hybridized carbons (Fsp3) is 0.522. The molecule has 0 N–H and O–H groups in total. The van der Waals surface area contributed by atoms with E-state index in [-0.39, 0.29) is 12.1 Å². The number of likely N-dealkylation sites (tertiary alicyclic amines) is 1. The van der Waals surface area contributed by atoms with E-state index in [4.69, 9.17) is 14.5 Å². The summed E-state index contributed by atoms with van der Waals surface area (Å²) in [5, 5.41) is 3.11. The van der Waals surface area contributed by atoms with Crippen LogP contribution < -0.4 is 0 Å². The maximum atomic E-state index is 12.3. The Bertz CT molecular complexity index is 879. The van der Waals surface area contributed by atoms with Crippen LogP contribution in [0.3, 0.4) is 0 Å². The molecule has 30 heavy (non-hydrogen) atoms. The standard InChI is InChI=1S/C23H30N2O4S/c1-23(2,3)29-22(27)25-12-10-17(11-13-25)19-15-30-21(24-19)18-7-5-6-16(14-18)8-9-20(26)28-4/h5-7,14-15,17H,8-13H2,1-4H3. The topological polar surface area (TPSA) is 68.7 Å². The zero-order valence-corrected chi connectivity index (χ0v) is 19.0. The average molecular weight is 431 g/mol. The van der Waals surface area contributed by atoms with E-state index in [0.717, 1.165) is 34.7 Å². The Hall–Kier alpha value is -2.41. The maximum Gasteiger partial charge on any atom is 0.410 e. The van der Waals surface area contributed by atoms with E-state index in [0.29, 0.717) is 31.8 Å². The van der Waals surface area contributed by atoms with Crippen molar-refractivity contribution in [1.29, 1.82) is 0 Å². The highest BCUT2D eigenvalue weighted by molar-refractivity contribution is 7.13. The van der Waals surface area contributed by atoms with Gasteiger partial charge in [-0.15, -0.1) is 11.3 Å². The molecule has 1 aromatic carbocycles. The summed E-state index contributed by atoms with van der Waals surface area (Å²) in [6.07, 6.45) is 2.58. The molecule has 0 radical (unpaired) electrons. The number of hydrogen-bond acceptors (Lipinski definition) is 6. The summed E-state index contributed by atoms with van der Waals surface area (Å²) in [4.78, 5) is 30.3. The van der Waals surface area contributed by atoms with Crippen molar-refractivity contribution in [3.05, 3.63) is 40.9 Å². The third-order valence-electron chi connectivity index (χ3n) is 5.11. The van der Waals surface area contributed by atoms with Crippen LogP contribution in [-0.2, 0) is 20.7 Å². The Morgan fingerprint density at radius 3 is 2.63 bits per heavy atom. The molecular formula is C23H30N2O4S. The van der Waals surface area contributed by atoms with Gasteiger partial charge in [0.05, 0.1) is 12.8 Å². The summed E-state index contributed by atoms with van der Waals surface area (Å²) in [5.41, 5.74) is 2.79. The largest absolute Gasteiger partial charge is 0.469 e. The van der Waals surface area contributed by atoms with Crippen molar-refractivity contribution < 1.29 is 19.1 Å². The average Bonchev–Trinajstić information content (AvgIpc) is 3.21.